The summed E-state index contributed by atoms with van der Waals surface area (Å²) in [4.78, 5) is 35.1. The molecule has 0 N–H and O–H groups in total. The van der Waals surface area contributed by atoms with Crippen LogP contribution in [0.15, 0.2) is 30.3 Å². The van der Waals surface area contributed by atoms with Gasteiger partial charge in [0.2, 0.25) is 0 Å². The first-order valence-corrected chi connectivity index (χ1v) is 9.63. The molecule has 122 valence electrons. The van der Waals surface area contributed by atoms with Gasteiger partial charge in [0.05, 0.1) is 0 Å². The van der Waals surface area contributed by atoms with Crippen LogP contribution in [0, 0.1) is 37.0 Å². The van der Waals surface area contributed by atoms with Crippen molar-refractivity contribution in [2.45, 2.75) is 4.22 Å². The summed E-state index contributed by atoms with van der Waals surface area (Å²) < 4.78 is 14.6. The van der Waals surface area contributed by atoms with Crippen LogP contribution in [0.25, 0.3) is 6.08 Å². The second-order valence-electron chi connectivity index (χ2n) is 4.67. The molecule has 7 heteroatoms. The molecule has 0 aliphatic heterocycles. The van der Waals surface area contributed by atoms with Crippen LogP contribution in [0.4, 0.5) is 0 Å². The average molecular weight is 370 g/mol. The molecule has 1 atom stereocenters. The van der Waals surface area contributed by atoms with Gasteiger partial charge < -0.3 is 0 Å². The minimum atomic E-state index is -5.08. The summed E-state index contributed by atoms with van der Waals surface area (Å²) in [6, 6.07) is 7.00. The van der Waals surface area contributed by atoms with Gasteiger partial charge in [0, 0.05) is 0 Å². The van der Waals surface area contributed by atoms with Gasteiger partial charge in [0.25, 0.3) is 0 Å². The van der Waals surface area contributed by atoms with E-state index in [4.69, 9.17) is 29.2 Å². The van der Waals surface area contributed by atoms with Gasteiger partial charge in [0.15, 0.2) is 0 Å². The molecule has 2 rings (SSSR count). The van der Waals surface area contributed by atoms with Crippen molar-refractivity contribution in [2.75, 3.05) is 0 Å². The topological polar surface area (TPSA) is 78.9 Å². The van der Waals surface area contributed by atoms with Gasteiger partial charge in [-0.05, 0) is 0 Å². The summed E-state index contributed by atoms with van der Waals surface area (Å²) in [6.07, 6.45) is 18.4. The Morgan fingerprint density at radius 2 is 1.36 bits per heavy atom. The van der Waals surface area contributed by atoms with Crippen molar-refractivity contribution >= 4 is 24.0 Å². The zero-order chi connectivity index (χ0) is 18.4. The zero-order valence-electron chi connectivity index (χ0n) is 12.7. The molecule has 0 bridgehead atoms. The third-order valence-electron chi connectivity index (χ3n) is 3.24. The second kappa shape index (κ2) is 7.56. The molecule has 0 radical (unpaired) electrons. The van der Waals surface area contributed by atoms with Gasteiger partial charge in [0.1, 0.15) is 0 Å². The van der Waals surface area contributed by atoms with E-state index in [9.17, 15) is 14.4 Å². The van der Waals surface area contributed by atoms with Crippen molar-refractivity contribution in [3.8, 4) is 37.0 Å². The Morgan fingerprint density at radius 1 is 0.880 bits per heavy atom. The molecule has 1 unspecified atom stereocenters. The number of carbonyl (C=O) groups excluding carboxylic acids is 3. The Kier molecular flexibility index (Phi) is 5.47. The van der Waals surface area contributed by atoms with Crippen LogP contribution in [-0.2, 0) is 42.1 Å². The molecule has 0 aromatic heterocycles. The van der Waals surface area contributed by atoms with E-state index in [1.165, 1.54) is 0 Å². The number of fused-ring (bicyclic) bond motifs is 1. The van der Waals surface area contributed by atoms with Gasteiger partial charge in [-0.15, -0.1) is 0 Å². The number of hydrogen-bond acceptors (Lipinski definition) is 6. The third kappa shape index (κ3) is 3.82. The zero-order valence-corrected chi connectivity index (χ0v) is 14.3. The van der Waals surface area contributed by atoms with Crippen LogP contribution in [0.1, 0.15) is 15.3 Å². The van der Waals surface area contributed by atoms with Crippen LogP contribution in [0.2, 0.25) is 0 Å². The molecule has 0 saturated heterocycles. The number of allylic oxidation sites excluding steroid dienone is 1. The van der Waals surface area contributed by atoms with E-state index in [0.29, 0.717) is 5.56 Å². The molecule has 1 aliphatic rings. The first-order valence-electron chi connectivity index (χ1n) is 6.81. The molecule has 1 aromatic carbocycles. The fourth-order valence-electron chi connectivity index (χ4n) is 2.29. The summed E-state index contributed by atoms with van der Waals surface area (Å²) in [5, 5.41) is 0. The molecule has 1 aliphatic carbocycles. The van der Waals surface area contributed by atoms with Gasteiger partial charge >= 0.3 is 149 Å². The molecule has 0 saturated carbocycles. The van der Waals surface area contributed by atoms with E-state index < -0.39 is 39.9 Å². The normalized spacial score (nSPS) is 14.2. The average Bonchev–Trinajstić information content (AvgIpc) is 3.05. The van der Waals surface area contributed by atoms with Crippen molar-refractivity contribution in [1.29, 1.82) is 0 Å². The Balaban J connectivity index is 2.58. The van der Waals surface area contributed by atoms with Gasteiger partial charge in [-0.3, -0.25) is 0 Å². The van der Waals surface area contributed by atoms with Crippen LogP contribution >= 0.6 is 0 Å². The molecule has 6 nitrogen and oxygen atoms in total. The van der Waals surface area contributed by atoms with Gasteiger partial charge in [-0.25, -0.2) is 0 Å². The summed E-state index contributed by atoms with van der Waals surface area (Å²) >= 11 is -5.08. The molecule has 25 heavy (non-hydrogen) atoms. The summed E-state index contributed by atoms with van der Waals surface area (Å²) in [6.45, 7) is 0. The second-order valence-corrected chi connectivity index (χ2v) is 8.48. The van der Waals surface area contributed by atoms with E-state index in [-0.39, 0.29) is 0 Å². The number of hydrogen-bond donors (Lipinski definition) is 0. The predicted molar refractivity (Wildman–Crippen MR) is 83.0 cm³/mol. The molecule has 0 amide bonds. The van der Waals surface area contributed by atoms with Crippen molar-refractivity contribution in [2.24, 2.45) is 0 Å². The van der Waals surface area contributed by atoms with E-state index in [2.05, 4.69) is 0 Å². The molecule has 0 fully saturated rings. The van der Waals surface area contributed by atoms with Crippen molar-refractivity contribution in [3.63, 3.8) is 0 Å². The number of benzene rings is 1. The number of carbonyl (C=O) groups is 3. The fourth-order valence-corrected chi connectivity index (χ4v) is 6.09. The fraction of sp³-hybridized carbons (Fsp3) is 0.0556. The Bertz CT molecular complexity index is 824. The minimum absolute atomic E-state index is 0.627. The molecule has 0 heterocycles. The third-order valence-corrected chi connectivity index (χ3v) is 7.42. The van der Waals surface area contributed by atoms with Crippen molar-refractivity contribution in [1.82, 2.24) is 0 Å². The van der Waals surface area contributed by atoms with E-state index in [1.807, 2.05) is 0 Å². The van der Waals surface area contributed by atoms with Crippen molar-refractivity contribution < 1.29 is 42.1 Å². The van der Waals surface area contributed by atoms with Gasteiger partial charge in [-0.2, -0.15) is 0 Å². The number of terminal acetylenes is 3. The maximum atomic E-state index is 11.7. The SMILES string of the molecule is C#CC(=O)[O][Ti]([O]C(=O)C#C)([O]C(=O)C#C)[CH]1C=Cc2ccccc21. The Morgan fingerprint density at radius 3 is 1.84 bits per heavy atom. The monoisotopic (exact) mass is 370 g/mol. The molecule has 0 spiro atoms. The van der Waals surface area contributed by atoms with E-state index >= 15 is 0 Å². The summed E-state index contributed by atoms with van der Waals surface area (Å²) in [7, 11) is 0. The van der Waals surface area contributed by atoms with Crippen LogP contribution < -0.4 is 0 Å². The molecule has 1 aromatic rings. The first-order chi connectivity index (χ1) is 12.0. The van der Waals surface area contributed by atoms with Gasteiger partial charge in [-0.1, -0.05) is 0 Å². The standard InChI is InChI=1S/C9H7.3C3H2O2.Ti/c1-2-5-9-7-3-6-8(9)4-1;3*1-2-3(4)5;/h1-7H;3*1H,(H,4,5);/q;;;;+3/p-3. The van der Waals surface area contributed by atoms with Crippen LogP contribution in [0.5, 0.6) is 0 Å². The molecular formula is C18H10O6Ti. The van der Waals surface area contributed by atoms with Crippen LogP contribution in [-0.4, -0.2) is 17.9 Å². The quantitative estimate of drug-likeness (QED) is 0.585. The predicted octanol–water partition coefficient (Wildman–Crippen LogP) is 1.18. The Hall–Kier alpha value is -3.24. The van der Waals surface area contributed by atoms with Crippen molar-refractivity contribution in [3.05, 3.63) is 41.5 Å². The van der Waals surface area contributed by atoms with Crippen LogP contribution in [0.3, 0.4) is 0 Å². The summed E-state index contributed by atoms with van der Waals surface area (Å²) in [5.41, 5.74) is 1.40. The van der Waals surface area contributed by atoms with E-state index in [1.54, 1.807) is 54.2 Å². The van der Waals surface area contributed by atoms with E-state index in [0.717, 1.165) is 5.56 Å². The summed E-state index contributed by atoms with van der Waals surface area (Å²) in [5.74, 6) is 1.70. The Labute approximate surface area is 148 Å². The number of rotatable bonds is 4. The maximum absolute atomic E-state index is 11.7. The first kappa shape index (κ1) is 18.1. The molecular weight excluding hydrogens is 360 g/mol.